The molecule has 1 aromatic heterocycles. The summed E-state index contributed by atoms with van der Waals surface area (Å²) in [6.07, 6.45) is 4.66. The minimum atomic E-state index is -0.256. The van der Waals surface area contributed by atoms with Gasteiger partial charge in [-0.15, -0.1) is 5.10 Å². The van der Waals surface area contributed by atoms with Crippen molar-refractivity contribution in [3.05, 3.63) is 5.82 Å². The molecular formula is C13H24N6O. The predicted octanol–water partition coefficient (Wildman–Crippen LogP) is 0.627. The maximum absolute atomic E-state index is 12.0. The molecule has 20 heavy (non-hydrogen) atoms. The highest BCUT2D eigenvalue weighted by molar-refractivity contribution is 5.90. The maximum Gasteiger partial charge on any atom is 0.288 e. The molecule has 7 nitrogen and oxygen atoms in total. The number of rotatable bonds is 4. The van der Waals surface area contributed by atoms with Crippen molar-refractivity contribution in [2.75, 3.05) is 26.4 Å². The molecule has 2 unspecified atom stereocenters. The Morgan fingerprint density at radius 2 is 2.35 bits per heavy atom. The molecule has 0 bridgehead atoms. The predicted molar refractivity (Wildman–Crippen MR) is 77.2 cm³/mol. The lowest BCUT2D eigenvalue weighted by Gasteiger charge is -2.45. The quantitative estimate of drug-likeness (QED) is 0.751. The minimum absolute atomic E-state index is 0.0267. The zero-order chi connectivity index (χ0) is 14.8. The molecule has 2 atom stereocenters. The van der Waals surface area contributed by atoms with Crippen molar-refractivity contribution in [3.8, 4) is 0 Å². The zero-order valence-electron chi connectivity index (χ0n) is 12.4. The topological polar surface area (TPSA) is 99.9 Å². The SMILES string of the molecule is CC1CCCC(CNC(=O)c2nc(N)n[nH]2)(N(C)C)C1. The summed E-state index contributed by atoms with van der Waals surface area (Å²) >= 11 is 0. The number of anilines is 1. The summed E-state index contributed by atoms with van der Waals surface area (Å²) in [5.74, 6) is 0.682. The first-order chi connectivity index (χ1) is 9.43. The maximum atomic E-state index is 12.0. The van der Waals surface area contributed by atoms with Gasteiger partial charge in [0.2, 0.25) is 11.8 Å². The van der Waals surface area contributed by atoms with Gasteiger partial charge in [0, 0.05) is 12.1 Å². The summed E-state index contributed by atoms with van der Waals surface area (Å²) in [4.78, 5) is 18.1. The number of likely N-dealkylation sites (N-methyl/N-ethyl adjacent to an activating group) is 1. The third-order valence-electron chi connectivity index (χ3n) is 4.31. The van der Waals surface area contributed by atoms with Crippen LogP contribution in [0.15, 0.2) is 0 Å². The lowest BCUT2D eigenvalue weighted by Crippen LogP contribution is -2.55. The number of hydrogen-bond donors (Lipinski definition) is 3. The van der Waals surface area contributed by atoms with E-state index in [2.05, 4.69) is 46.4 Å². The lowest BCUT2D eigenvalue weighted by atomic mass is 9.75. The monoisotopic (exact) mass is 280 g/mol. The average Bonchev–Trinajstić information content (AvgIpc) is 2.82. The zero-order valence-corrected chi connectivity index (χ0v) is 12.4. The van der Waals surface area contributed by atoms with E-state index < -0.39 is 0 Å². The number of nitrogens with zero attached hydrogens (tertiary/aromatic N) is 3. The summed E-state index contributed by atoms with van der Waals surface area (Å²) in [6.45, 7) is 2.89. The van der Waals surface area contributed by atoms with Crippen LogP contribution in [0.4, 0.5) is 5.95 Å². The highest BCUT2D eigenvalue weighted by Gasteiger charge is 2.37. The molecule has 1 aliphatic carbocycles. The van der Waals surface area contributed by atoms with Crippen LogP contribution in [-0.4, -0.2) is 52.2 Å². The fraction of sp³-hybridized carbons (Fsp3) is 0.769. The molecule has 0 aliphatic heterocycles. The highest BCUT2D eigenvalue weighted by Crippen LogP contribution is 2.35. The highest BCUT2D eigenvalue weighted by atomic mass is 16.2. The standard InChI is InChI=1S/C13H24N6O/c1-9-5-4-6-13(7-9,19(2)3)8-15-11(20)10-16-12(14)18-17-10/h9H,4-8H2,1-3H3,(H,15,20)(H3,14,16,17,18). The number of hydrogen-bond acceptors (Lipinski definition) is 5. The van der Waals surface area contributed by atoms with Gasteiger partial charge >= 0.3 is 0 Å². The lowest BCUT2D eigenvalue weighted by molar-refractivity contribution is 0.0671. The number of amides is 1. The number of nitrogen functional groups attached to an aromatic ring is 1. The van der Waals surface area contributed by atoms with E-state index in [0.717, 1.165) is 12.8 Å². The number of aromatic nitrogens is 3. The molecule has 1 amide bonds. The first-order valence-corrected chi connectivity index (χ1v) is 7.06. The average molecular weight is 280 g/mol. The Balaban J connectivity index is 2.00. The van der Waals surface area contributed by atoms with Gasteiger partial charge in [0.1, 0.15) is 0 Å². The summed E-state index contributed by atoms with van der Waals surface area (Å²) in [6, 6.07) is 0. The van der Waals surface area contributed by atoms with Gasteiger partial charge < -0.3 is 16.0 Å². The van der Waals surface area contributed by atoms with E-state index in [0.29, 0.717) is 12.5 Å². The van der Waals surface area contributed by atoms with Gasteiger partial charge in [0.25, 0.3) is 5.91 Å². The van der Waals surface area contributed by atoms with Gasteiger partial charge in [0.05, 0.1) is 0 Å². The number of aromatic amines is 1. The van der Waals surface area contributed by atoms with Crippen LogP contribution >= 0.6 is 0 Å². The van der Waals surface area contributed by atoms with Crippen molar-refractivity contribution in [1.29, 1.82) is 0 Å². The van der Waals surface area contributed by atoms with E-state index in [9.17, 15) is 4.79 Å². The first-order valence-electron chi connectivity index (χ1n) is 7.06. The number of nitrogens with one attached hydrogen (secondary N) is 2. The Labute approximate surface area is 119 Å². The number of carbonyl (C=O) groups excluding carboxylic acids is 1. The van der Waals surface area contributed by atoms with Crippen molar-refractivity contribution in [1.82, 2.24) is 25.4 Å². The van der Waals surface area contributed by atoms with Gasteiger partial charge in [-0.2, -0.15) is 4.98 Å². The van der Waals surface area contributed by atoms with Crippen LogP contribution in [0.25, 0.3) is 0 Å². The number of carbonyl (C=O) groups is 1. The molecule has 0 aromatic carbocycles. The van der Waals surface area contributed by atoms with Crippen molar-refractivity contribution in [3.63, 3.8) is 0 Å². The normalized spacial score (nSPS) is 26.7. The van der Waals surface area contributed by atoms with Gasteiger partial charge in [-0.3, -0.25) is 9.89 Å². The van der Waals surface area contributed by atoms with E-state index in [1.54, 1.807) is 0 Å². The molecule has 112 valence electrons. The fourth-order valence-electron chi connectivity index (χ4n) is 3.06. The summed E-state index contributed by atoms with van der Waals surface area (Å²) in [5.41, 5.74) is 5.43. The first kappa shape index (κ1) is 14.8. The Kier molecular flexibility index (Phi) is 4.27. The van der Waals surface area contributed by atoms with E-state index in [-0.39, 0.29) is 23.2 Å². The van der Waals surface area contributed by atoms with Gasteiger partial charge in [-0.1, -0.05) is 19.8 Å². The smallest absolute Gasteiger partial charge is 0.288 e. The van der Waals surface area contributed by atoms with Gasteiger partial charge in [-0.05, 0) is 32.9 Å². The van der Waals surface area contributed by atoms with Crippen LogP contribution in [0.1, 0.15) is 43.2 Å². The van der Waals surface area contributed by atoms with Crippen LogP contribution in [-0.2, 0) is 0 Å². The number of H-pyrrole nitrogens is 1. The van der Waals surface area contributed by atoms with E-state index in [4.69, 9.17) is 5.73 Å². The minimum Gasteiger partial charge on any atom is -0.366 e. The molecular weight excluding hydrogens is 256 g/mol. The molecule has 1 saturated carbocycles. The molecule has 4 N–H and O–H groups in total. The van der Waals surface area contributed by atoms with Crippen molar-refractivity contribution < 1.29 is 4.79 Å². The molecule has 0 saturated heterocycles. The van der Waals surface area contributed by atoms with Crippen LogP contribution in [0, 0.1) is 5.92 Å². The molecule has 1 heterocycles. The molecule has 1 aromatic rings. The van der Waals surface area contributed by atoms with E-state index >= 15 is 0 Å². The second-order valence-electron chi connectivity index (χ2n) is 6.05. The Hall–Kier alpha value is -1.63. The third-order valence-corrected chi connectivity index (χ3v) is 4.31. The van der Waals surface area contributed by atoms with Gasteiger partial charge in [-0.25, -0.2) is 0 Å². The van der Waals surface area contributed by atoms with Crippen molar-refractivity contribution in [2.24, 2.45) is 5.92 Å². The van der Waals surface area contributed by atoms with Crippen LogP contribution in [0.5, 0.6) is 0 Å². The molecule has 0 spiro atoms. The Bertz CT molecular complexity index is 471. The largest absolute Gasteiger partial charge is 0.366 e. The second kappa shape index (κ2) is 5.78. The van der Waals surface area contributed by atoms with Gasteiger partial charge in [0.15, 0.2) is 0 Å². The summed E-state index contributed by atoms with van der Waals surface area (Å²) in [7, 11) is 4.16. The molecule has 2 rings (SSSR count). The van der Waals surface area contributed by atoms with Crippen LogP contribution in [0.3, 0.4) is 0 Å². The van der Waals surface area contributed by atoms with E-state index in [1.165, 1.54) is 12.8 Å². The molecule has 0 radical (unpaired) electrons. The third kappa shape index (κ3) is 3.09. The Morgan fingerprint density at radius 3 is 2.90 bits per heavy atom. The molecule has 1 fully saturated rings. The molecule has 1 aliphatic rings. The number of nitrogens with two attached hydrogens (primary N) is 1. The second-order valence-corrected chi connectivity index (χ2v) is 6.05. The Morgan fingerprint density at radius 1 is 1.60 bits per heavy atom. The van der Waals surface area contributed by atoms with Crippen molar-refractivity contribution >= 4 is 11.9 Å². The fourth-order valence-corrected chi connectivity index (χ4v) is 3.06. The van der Waals surface area contributed by atoms with Crippen LogP contribution in [0.2, 0.25) is 0 Å². The summed E-state index contributed by atoms with van der Waals surface area (Å²) < 4.78 is 0. The molecule has 7 heteroatoms. The van der Waals surface area contributed by atoms with E-state index in [1.807, 2.05) is 0 Å². The van der Waals surface area contributed by atoms with Crippen LogP contribution < -0.4 is 11.1 Å². The van der Waals surface area contributed by atoms with Crippen molar-refractivity contribution in [2.45, 2.75) is 38.1 Å². The summed E-state index contributed by atoms with van der Waals surface area (Å²) in [5, 5.41) is 9.15.